The molecule has 0 aliphatic carbocycles. The Morgan fingerprint density at radius 1 is 0.947 bits per heavy atom. The van der Waals surface area contributed by atoms with Crippen LogP contribution in [0.1, 0.15) is 24.8 Å². The molecule has 0 radical (unpaired) electrons. The van der Waals surface area contributed by atoms with Crippen LogP contribution in [0.5, 0.6) is 5.75 Å². The average molecular weight is 556 g/mol. The fraction of sp³-hybridized carbons (Fsp3) is 0.522. The second-order valence-corrected chi connectivity index (χ2v) is 9.40. The van der Waals surface area contributed by atoms with Crippen LogP contribution in [0.3, 0.4) is 0 Å². The second kappa shape index (κ2) is 17.0. The summed E-state index contributed by atoms with van der Waals surface area (Å²) in [6.45, 7) is -0.553. The number of carbonyl (C=O) groups is 4. The van der Waals surface area contributed by atoms with E-state index in [2.05, 4.69) is 20.9 Å². The van der Waals surface area contributed by atoms with E-state index < -0.39 is 54.5 Å². The minimum atomic E-state index is -1.54. The molecule has 12 N–H and O–H groups in total. The molecule has 0 fully saturated rings. The van der Waals surface area contributed by atoms with Crippen LogP contribution in [-0.4, -0.2) is 94.3 Å². The molecule has 1 rings (SSSR count). The largest absolute Gasteiger partial charge is 0.508 e. The Labute approximate surface area is 224 Å². The van der Waals surface area contributed by atoms with E-state index in [1.165, 1.54) is 23.9 Å². The first-order valence-corrected chi connectivity index (χ1v) is 13.2. The van der Waals surface area contributed by atoms with Crippen LogP contribution in [-0.2, 0) is 25.6 Å². The lowest BCUT2D eigenvalue weighted by atomic mass is 10.0. The molecule has 15 heteroatoms. The van der Waals surface area contributed by atoms with Gasteiger partial charge in [-0.1, -0.05) is 12.1 Å². The molecule has 4 atom stereocenters. The topological polar surface area (TPSA) is 255 Å². The first-order valence-electron chi connectivity index (χ1n) is 11.8. The Morgan fingerprint density at radius 2 is 1.53 bits per heavy atom. The molecule has 4 unspecified atom stereocenters. The van der Waals surface area contributed by atoms with Crippen LogP contribution in [0.2, 0.25) is 0 Å². The number of hydrogen-bond acceptors (Lipinski definition) is 9. The molecule has 1 aromatic carbocycles. The summed E-state index contributed by atoms with van der Waals surface area (Å²) in [6, 6.07) is 1.23. The van der Waals surface area contributed by atoms with Crippen molar-refractivity contribution < 1.29 is 34.5 Å². The molecule has 0 aliphatic rings. The third kappa shape index (κ3) is 12.1. The smallest absolute Gasteiger partial charge is 0.328 e. The first-order chi connectivity index (χ1) is 18.0. The molecule has 14 nitrogen and oxygen atoms in total. The number of nitrogens with two attached hydrogens (primary N) is 3. The summed E-state index contributed by atoms with van der Waals surface area (Å²) in [5.74, 6) is -3.12. The monoisotopic (exact) mass is 555 g/mol. The van der Waals surface area contributed by atoms with E-state index in [1.54, 1.807) is 18.4 Å². The maximum absolute atomic E-state index is 13.3. The number of aliphatic hydroxyl groups excluding tert-OH is 1. The van der Waals surface area contributed by atoms with Crippen LogP contribution < -0.4 is 33.2 Å². The minimum absolute atomic E-state index is 0.0177. The SMILES string of the molecule is CSCCC(NC(=O)C(Cc1ccc(O)cc1)NC(=O)C(N)CCCN=C(N)N)C(=O)NC(CO)C(=O)O. The highest BCUT2D eigenvalue weighted by molar-refractivity contribution is 7.98. The van der Waals surface area contributed by atoms with Gasteiger partial charge in [0.2, 0.25) is 17.7 Å². The summed E-state index contributed by atoms with van der Waals surface area (Å²) in [5, 5.41) is 35.3. The highest BCUT2D eigenvalue weighted by atomic mass is 32.2. The van der Waals surface area contributed by atoms with E-state index in [9.17, 15) is 29.4 Å². The number of phenols is 1. The molecule has 0 aliphatic heterocycles. The number of carbonyl (C=O) groups excluding carboxylic acids is 3. The normalized spacial score (nSPS) is 13.9. The molecule has 0 saturated carbocycles. The molecule has 0 spiro atoms. The number of hydrogen-bond donors (Lipinski definition) is 9. The van der Waals surface area contributed by atoms with Crippen molar-refractivity contribution in [1.82, 2.24) is 16.0 Å². The van der Waals surface area contributed by atoms with Crippen LogP contribution in [0.15, 0.2) is 29.3 Å². The van der Waals surface area contributed by atoms with E-state index in [1.807, 2.05) is 0 Å². The summed E-state index contributed by atoms with van der Waals surface area (Å²) in [4.78, 5) is 53.8. The van der Waals surface area contributed by atoms with Gasteiger partial charge < -0.3 is 48.5 Å². The van der Waals surface area contributed by atoms with Crippen molar-refractivity contribution in [3.8, 4) is 5.75 Å². The number of benzene rings is 1. The number of rotatable bonds is 17. The van der Waals surface area contributed by atoms with Gasteiger partial charge in [0.25, 0.3) is 0 Å². The van der Waals surface area contributed by atoms with Crippen molar-refractivity contribution in [1.29, 1.82) is 0 Å². The number of nitrogens with one attached hydrogen (secondary N) is 3. The standard InChI is InChI=1S/C23H37N7O7S/c1-38-10-8-16(20(34)30-18(12-31)22(36)37)28-21(35)17(11-13-4-6-14(32)7-5-13)29-19(33)15(24)3-2-9-27-23(25)26/h4-7,15-18,31-32H,2-3,8-12,24H2,1H3,(H,28,35)(H,29,33)(H,30,34)(H,36,37)(H4,25,26,27). The maximum Gasteiger partial charge on any atom is 0.328 e. The molecule has 212 valence electrons. The number of nitrogens with zero attached hydrogens (tertiary/aromatic N) is 1. The molecule has 3 amide bonds. The molecule has 1 aromatic rings. The molecule has 0 heterocycles. The summed E-state index contributed by atoms with van der Waals surface area (Å²) in [6.07, 6.45) is 2.65. The highest BCUT2D eigenvalue weighted by Crippen LogP contribution is 2.12. The van der Waals surface area contributed by atoms with E-state index in [-0.39, 0.29) is 37.5 Å². The van der Waals surface area contributed by atoms with Gasteiger partial charge in [-0.3, -0.25) is 19.4 Å². The van der Waals surface area contributed by atoms with Gasteiger partial charge in [0.05, 0.1) is 12.6 Å². The van der Waals surface area contributed by atoms with E-state index >= 15 is 0 Å². The maximum atomic E-state index is 13.3. The Balaban J connectivity index is 3.04. The van der Waals surface area contributed by atoms with E-state index in [0.717, 1.165) is 0 Å². The molecular formula is C23H37N7O7S. The van der Waals surface area contributed by atoms with Gasteiger partial charge in [0.15, 0.2) is 5.96 Å². The van der Waals surface area contributed by atoms with Crippen LogP contribution in [0, 0.1) is 0 Å². The van der Waals surface area contributed by atoms with Gasteiger partial charge in [0.1, 0.15) is 23.9 Å². The van der Waals surface area contributed by atoms with Gasteiger partial charge in [-0.05, 0) is 49.0 Å². The summed E-state index contributed by atoms with van der Waals surface area (Å²) in [5.41, 5.74) is 17.1. The second-order valence-electron chi connectivity index (χ2n) is 8.41. The number of thioether (sulfide) groups is 1. The molecule has 0 saturated heterocycles. The summed E-state index contributed by atoms with van der Waals surface area (Å²) >= 11 is 1.41. The third-order valence-electron chi connectivity index (χ3n) is 5.35. The molecule has 38 heavy (non-hydrogen) atoms. The number of phenolic OH excluding ortho intramolecular Hbond substituents is 1. The van der Waals surface area contributed by atoms with Gasteiger partial charge in [-0.25, -0.2) is 4.79 Å². The third-order valence-corrected chi connectivity index (χ3v) is 6.00. The number of aromatic hydroxyl groups is 1. The zero-order valence-corrected chi connectivity index (χ0v) is 21.9. The minimum Gasteiger partial charge on any atom is -0.508 e. The van der Waals surface area contributed by atoms with Crippen LogP contribution in [0.25, 0.3) is 0 Å². The lowest BCUT2D eigenvalue weighted by Gasteiger charge is -2.25. The van der Waals surface area contributed by atoms with E-state index in [0.29, 0.717) is 17.7 Å². The quantitative estimate of drug-likeness (QED) is 0.0556. The fourth-order valence-corrected chi connectivity index (χ4v) is 3.71. The van der Waals surface area contributed by atoms with Crippen molar-refractivity contribution in [3.05, 3.63) is 29.8 Å². The predicted molar refractivity (Wildman–Crippen MR) is 143 cm³/mol. The Bertz CT molecular complexity index is 958. The van der Waals surface area contributed by atoms with Gasteiger partial charge >= 0.3 is 5.97 Å². The van der Waals surface area contributed by atoms with Crippen molar-refractivity contribution in [3.63, 3.8) is 0 Å². The molecule has 0 bridgehead atoms. The lowest BCUT2D eigenvalue weighted by Crippen LogP contribution is -2.58. The Hall–Kier alpha value is -3.56. The van der Waals surface area contributed by atoms with Gasteiger partial charge in [-0.15, -0.1) is 0 Å². The highest BCUT2D eigenvalue weighted by Gasteiger charge is 2.30. The lowest BCUT2D eigenvalue weighted by molar-refractivity contribution is -0.143. The molecule has 0 aromatic heterocycles. The van der Waals surface area contributed by atoms with Crippen molar-refractivity contribution in [2.24, 2.45) is 22.2 Å². The predicted octanol–water partition coefficient (Wildman–Crippen LogP) is -2.40. The number of guanidine groups is 1. The Morgan fingerprint density at radius 3 is 2.08 bits per heavy atom. The van der Waals surface area contributed by atoms with Crippen LogP contribution >= 0.6 is 11.8 Å². The van der Waals surface area contributed by atoms with Crippen molar-refractivity contribution in [2.45, 2.75) is 49.9 Å². The van der Waals surface area contributed by atoms with Crippen molar-refractivity contribution in [2.75, 3.05) is 25.2 Å². The number of carboxylic acid groups (broad SMARTS) is 1. The Kier molecular flexibility index (Phi) is 14.6. The summed E-state index contributed by atoms with van der Waals surface area (Å²) in [7, 11) is 0. The zero-order chi connectivity index (χ0) is 28.7. The number of amides is 3. The first kappa shape index (κ1) is 32.5. The summed E-state index contributed by atoms with van der Waals surface area (Å²) < 4.78 is 0. The molecular weight excluding hydrogens is 518 g/mol. The van der Waals surface area contributed by atoms with E-state index in [4.69, 9.17) is 22.3 Å². The van der Waals surface area contributed by atoms with Gasteiger partial charge in [-0.2, -0.15) is 11.8 Å². The number of aliphatic hydroxyl groups is 1. The van der Waals surface area contributed by atoms with Gasteiger partial charge in [0, 0.05) is 13.0 Å². The fourth-order valence-electron chi connectivity index (χ4n) is 3.24. The number of aliphatic carboxylic acids is 1. The zero-order valence-electron chi connectivity index (χ0n) is 21.1. The van der Waals surface area contributed by atoms with Crippen molar-refractivity contribution >= 4 is 41.4 Å². The number of carboxylic acids is 1. The number of aliphatic imine (C=N–C) groups is 1. The average Bonchev–Trinajstić information content (AvgIpc) is 2.87. The van der Waals surface area contributed by atoms with Crippen LogP contribution in [0.4, 0.5) is 0 Å².